The lowest BCUT2D eigenvalue weighted by Gasteiger charge is -2.27. The van der Waals surface area contributed by atoms with Crippen LogP contribution >= 0.6 is 0 Å². The third-order valence-electron chi connectivity index (χ3n) is 4.09. The first-order valence-corrected chi connectivity index (χ1v) is 7.63. The van der Waals surface area contributed by atoms with Crippen LogP contribution in [0.4, 0.5) is 0 Å². The Hall–Kier alpha value is -2.33. The van der Waals surface area contributed by atoms with Gasteiger partial charge in [-0.25, -0.2) is 0 Å². The molecule has 0 saturated carbocycles. The van der Waals surface area contributed by atoms with Gasteiger partial charge in [-0.15, -0.1) is 0 Å². The van der Waals surface area contributed by atoms with Crippen LogP contribution in [0, 0.1) is 0 Å². The van der Waals surface area contributed by atoms with Crippen LogP contribution in [0.2, 0.25) is 0 Å². The fourth-order valence-electron chi connectivity index (χ4n) is 2.59. The minimum Gasteiger partial charge on any atom is -0.493 e. The van der Waals surface area contributed by atoms with Crippen LogP contribution in [-0.2, 0) is 6.42 Å². The molecule has 122 valence electrons. The number of ether oxygens (including phenoxy) is 2. The van der Waals surface area contributed by atoms with Crippen LogP contribution < -0.4 is 15.2 Å². The minimum atomic E-state index is -0.943. The van der Waals surface area contributed by atoms with E-state index >= 15 is 0 Å². The zero-order chi connectivity index (χ0) is 16.9. The molecule has 0 aliphatic heterocycles. The SMILES string of the molecule is CCC(N)(Cc1ccccc1)C(=O)c1ccc(OC)c(OC)c1. The maximum atomic E-state index is 12.9. The van der Waals surface area contributed by atoms with Gasteiger partial charge in [0, 0.05) is 5.56 Å². The smallest absolute Gasteiger partial charge is 0.183 e. The first kappa shape index (κ1) is 17.0. The number of rotatable bonds is 7. The van der Waals surface area contributed by atoms with Gasteiger partial charge in [-0.05, 0) is 36.6 Å². The molecule has 2 rings (SSSR count). The van der Waals surface area contributed by atoms with Gasteiger partial charge in [-0.3, -0.25) is 4.79 Å². The predicted molar refractivity (Wildman–Crippen MR) is 91.2 cm³/mol. The minimum absolute atomic E-state index is 0.0928. The van der Waals surface area contributed by atoms with Gasteiger partial charge in [-0.1, -0.05) is 37.3 Å². The number of carbonyl (C=O) groups is 1. The lowest BCUT2D eigenvalue weighted by molar-refractivity contribution is 0.0882. The molecule has 0 aliphatic rings. The van der Waals surface area contributed by atoms with Crippen LogP contribution in [0.3, 0.4) is 0 Å². The molecule has 2 aromatic rings. The third kappa shape index (κ3) is 3.71. The van der Waals surface area contributed by atoms with Crippen molar-refractivity contribution in [3.63, 3.8) is 0 Å². The van der Waals surface area contributed by atoms with E-state index in [9.17, 15) is 4.79 Å². The summed E-state index contributed by atoms with van der Waals surface area (Å²) in [6, 6.07) is 15.0. The quantitative estimate of drug-likeness (QED) is 0.797. The molecule has 2 aromatic carbocycles. The van der Waals surface area contributed by atoms with E-state index in [1.54, 1.807) is 32.4 Å². The molecule has 4 heteroatoms. The summed E-state index contributed by atoms with van der Waals surface area (Å²) in [4.78, 5) is 12.9. The Morgan fingerprint density at radius 2 is 1.70 bits per heavy atom. The molecule has 4 nitrogen and oxygen atoms in total. The second kappa shape index (κ2) is 7.29. The second-order valence-corrected chi connectivity index (χ2v) is 5.57. The Morgan fingerprint density at radius 1 is 1.04 bits per heavy atom. The van der Waals surface area contributed by atoms with E-state index in [2.05, 4.69) is 0 Å². The van der Waals surface area contributed by atoms with Crippen molar-refractivity contribution in [2.45, 2.75) is 25.3 Å². The molecule has 0 bridgehead atoms. The number of hydrogen-bond acceptors (Lipinski definition) is 4. The van der Waals surface area contributed by atoms with Gasteiger partial charge in [0.2, 0.25) is 0 Å². The van der Waals surface area contributed by atoms with Gasteiger partial charge in [0.15, 0.2) is 17.3 Å². The number of ketones is 1. The highest BCUT2D eigenvalue weighted by Gasteiger charge is 2.33. The highest BCUT2D eigenvalue weighted by molar-refractivity contribution is 6.03. The van der Waals surface area contributed by atoms with Gasteiger partial charge in [0.25, 0.3) is 0 Å². The Balaban J connectivity index is 2.32. The summed E-state index contributed by atoms with van der Waals surface area (Å²) in [5.74, 6) is 1.02. The molecule has 0 aromatic heterocycles. The van der Waals surface area contributed by atoms with Crippen LogP contribution in [0.5, 0.6) is 11.5 Å². The van der Waals surface area contributed by atoms with E-state index in [1.807, 2.05) is 37.3 Å². The summed E-state index contributed by atoms with van der Waals surface area (Å²) in [6.07, 6.45) is 1.05. The molecule has 0 fully saturated rings. The van der Waals surface area contributed by atoms with Crippen molar-refractivity contribution >= 4 is 5.78 Å². The molecule has 0 radical (unpaired) electrons. The summed E-state index contributed by atoms with van der Waals surface area (Å²) in [5, 5.41) is 0. The molecule has 0 spiro atoms. The second-order valence-electron chi connectivity index (χ2n) is 5.57. The van der Waals surface area contributed by atoms with E-state index < -0.39 is 5.54 Å². The summed E-state index contributed by atoms with van der Waals surface area (Å²) >= 11 is 0. The van der Waals surface area contributed by atoms with Crippen molar-refractivity contribution in [2.24, 2.45) is 5.73 Å². The highest BCUT2D eigenvalue weighted by atomic mass is 16.5. The van der Waals surface area contributed by atoms with Gasteiger partial charge < -0.3 is 15.2 Å². The van der Waals surface area contributed by atoms with E-state index in [-0.39, 0.29) is 5.78 Å². The predicted octanol–water partition coefficient (Wildman–Crippen LogP) is 3.24. The third-order valence-corrected chi connectivity index (χ3v) is 4.09. The summed E-state index contributed by atoms with van der Waals surface area (Å²) in [5.41, 5.74) is 7.08. The van der Waals surface area contributed by atoms with Gasteiger partial charge in [0.05, 0.1) is 19.8 Å². The molecule has 0 saturated heterocycles. The number of nitrogens with two attached hydrogens (primary N) is 1. The average Bonchev–Trinajstić information content (AvgIpc) is 2.61. The van der Waals surface area contributed by atoms with E-state index in [0.717, 1.165) is 5.56 Å². The standard InChI is InChI=1S/C19H23NO3/c1-4-19(20,13-14-8-6-5-7-9-14)18(21)15-10-11-16(22-2)17(12-15)23-3/h5-12H,4,13,20H2,1-3H3. The molecular formula is C19H23NO3. The van der Waals surface area contributed by atoms with Crippen molar-refractivity contribution in [1.29, 1.82) is 0 Å². The fourth-order valence-corrected chi connectivity index (χ4v) is 2.59. The largest absolute Gasteiger partial charge is 0.493 e. The van der Waals surface area contributed by atoms with E-state index in [1.165, 1.54) is 0 Å². The Morgan fingerprint density at radius 3 is 2.26 bits per heavy atom. The van der Waals surface area contributed by atoms with Crippen molar-refractivity contribution in [3.05, 3.63) is 59.7 Å². The topological polar surface area (TPSA) is 61.6 Å². The van der Waals surface area contributed by atoms with Crippen LogP contribution in [-0.4, -0.2) is 25.5 Å². The molecule has 0 amide bonds. The number of Topliss-reactive ketones (excluding diaryl/α,β-unsaturated/α-hetero) is 1. The number of benzene rings is 2. The van der Waals surface area contributed by atoms with E-state index in [4.69, 9.17) is 15.2 Å². The first-order valence-electron chi connectivity index (χ1n) is 7.63. The molecule has 1 atom stereocenters. The number of carbonyl (C=O) groups excluding carboxylic acids is 1. The maximum absolute atomic E-state index is 12.9. The van der Waals surface area contributed by atoms with Gasteiger partial charge in [0.1, 0.15) is 0 Å². The molecular weight excluding hydrogens is 290 g/mol. The van der Waals surface area contributed by atoms with Crippen molar-refractivity contribution in [1.82, 2.24) is 0 Å². The lowest BCUT2D eigenvalue weighted by atomic mass is 9.82. The average molecular weight is 313 g/mol. The summed E-state index contributed by atoms with van der Waals surface area (Å²) in [6.45, 7) is 1.93. The van der Waals surface area contributed by atoms with Crippen LogP contribution in [0.25, 0.3) is 0 Å². The Labute approximate surface area is 137 Å². The molecule has 0 heterocycles. The highest BCUT2D eigenvalue weighted by Crippen LogP contribution is 2.30. The summed E-state index contributed by atoms with van der Waals surface area (Å²) < 4.78 is 10.5. The molecule has 23 heavy (non-hydrogen) atoms. The van der Waals surface area contributed by atoms with Crippen molar-refractivity contribution in [2.75, 3.05) is 14.2 Å². The number of methoxy groups -OCH3 is 2. The molecule has 1 unspecified atom stereocenters. The monoisotopic (exact) mass is 313 g/mol. The van der Waals surface area contributed by atoms with Crippen LogP contribution in [0.15, 0.2) is 48.5 Å². The number of hydrogen-bond donors (Lipinski definition) is 1. The molecule has 2 N–H and O–H groups in total. The Kier molecular flexibility index (Phi) is 5.40. The lowest BCUT2D eigenvalue weighted by Crippen LogP contribution is -2.49. The van der Waals surface area contributed by atoms with Crippen molar-refractivity contribution in [3.8, 4) is 11.5 Å². The normalized spacial score (nSPS) is 13.2. The van der Waals surface area contributed by atoms with Crippen molar-refractivity contribution < 1.29 is 14.3 Å². The first-order chi connectivity index (χ1) is 11.0. The van der Waals surface area contributed by atoms with Gasteiger partial charge in [-0.2, -0.15) is 0 Å². The van der Waals surface area contributed by atoms with Crippen LogP contribution in [0.1, 0.15) is 29.3 Å². The fraction of sp³-hybridized carbons (Fsp3) is 0.316. The maximum Gasteiger partial charge on any atom is 0.183 e. The van der Waals surface area contributed by atoms with E-state index in [0.29, 0.717) is 29.9 Å². The zero-order valence-corrected chi connectivity index (χ0v) is 13.8. The zero-order valence-electron chi connectivity index (χ0n) is 13.8. The molecule has 0 aliphatic carbocycles. The summed E-state index contributed by atoms with van der Waals surface area (Å²) in [7, 11) is 3.11. The van der Waals surface area contributed by atoms with Gasteiger partial charge >= 0.3 is 0 Å². The Bertz CT molecular complexity index is 670.